The summed E-state index contributed by atoms with van der Waals surface area (Å²) < 4.78 is 26.7. The lowest BCUT2D eigenvalue weighted by Gasteiger charge is -2.09. The van der Waals surface area contributed by atoms with Gasteiger partial charge in [0.2, 0.25) is 0 Å². The van der Waals surface area contributed by atoms with Gasteiger partial charge in [0.15, 0.2) is 0 Å². The average Bonchev–Trinajstić information content (AvgIpc) is 3.05. The predicted octanol–water partition coefficient (Wildman–Crippen LogP) is 4.76. The number of rotatable bonds is 3. The maximum absolute atomic E-state index is 13.4. The Hall–Kier alpha value is -3.54. The maximum atomic E-state index is 13.4. The molecular weight excluding hydrogens is 336 g/mol. The summed E-state index contributed by atoms with van der Waals surface area (Å²) in [6.07, 6.45) is 0. The molecule has 1 amide bonds. The number of benzene rings is 3. The molecule has 0 aliphatic rings. The first-order valence-corrected chi connectivity index (χ1v) is 7.92. The Kier molecular flexibility index (Phi) is 3.93. The van der Waals surface area contributed by atoms with Crippen LogP contribution in [0.25, 0.3) is 22.4 Å². The van der Waals surface area contributed by atoms with Crippen LogP contribution in [0.15, 0.2) is 66.7 Å². The molecule has 0 bridgehead atoms. The van der Waals surface area contributed by atoms with E-state index < -0.39 is 17.5 Å². The van der Waals surface area contributed by atoms with Crippen molar-refractivity contribution in [3.63, 3.8) is 0 Å². The first-order chi connectivity index (χ1) is 12.6. The Morgan fingerprint density at radius 2 is 1.62 bits per heavy atom. The van der Waals surface area contributed by atoms with Gasteiger partial charge in [-0.05, 0) is 36.4 Å². The zero-order chi connectivity index (χ0) is 18.1. The Morgan fingerprint density at radius 3 is 2.38 bits per heavy atom. The van der Waals surface area contributed by atoms with Crippen LogP contribution in [0.4, 0.5) is 14.5 Å². The van der Waals surface area contributed by atoms with E-state index in [9.17, 15) is 13.6 Å². The Bertz CT molecular complexity index is 1070. The van der Waals surface area contributed by atoms with Gasteiger partial charge in [0.1, 0.15) is 17.5 Å². The molecule has 0 aliphatic carbocycles. The number of para-hydroxylation sites is 3. The van der Waals surface area contributed by atoms with Gasteiger partial charge in [-0.2, -0.15) is 0 Å². The van der Waals surface area contributed by atoms with Crippen molar-refractivity contribution in [2.45, 2.75) is 0 Å². The number of aromatic nitrogens is 2. The first kappa shape index (κ1) is 16.0. The zero-order valence-corrected chi connectivity index (χ0v) is 13.5. The summed E-state index contributed by atoms with van der Waals surface area (Å²) in [5.41, 5.74) is 2.74. The van der Waals surface area contributed by atoms with Gasteiger partial charge < -0.3 is 10.3 Å². The summed E-state index contributed by atoms with van der Waals surface area (Å²) in [6, 6.07) is 17.4. The third-order valence-electron chi connectivity index (χ3n) is 3.94. The number of imidazole rings is 1. The SMILES string of the molecule is O=C(Nc1ccccc1-c1nc2ccccc2[nH]1)c1cc(F)cc(F)c1. The molecule has 0 radical (unpaired) electrons. The van der Waals surface area contributed by atoms with Crippen molar-refractivity contribution in [2.75, 3.05) is 5.32 Å². The maximum Gasteiger partial charge on any atom is 0.255 e. The molecule has 0 fully saturated rings. The highest BCUT2D eigenvalue weighted by Crippen LogP contribution is 2.28. The standard InChI is InChI=1S/C20H13F2N3O/c21-13-9-12(10-14(22)11-13)20(26)25-16-6-2-1-5-15(16)19-23-17-7-3-4-8-18(17)24-19/h1-11H,(H,23,24)(H,25,26). The van der Waals surface area contributed by atoms with E-state index in [-0.39, 0.29) is 5.56 Å². The lowest BCUT2D eigenvalue weighted by atomic mass is 10.1. The van der Waals surface area contributed by atoms with Crippen molar-refractivity contribution < 1.29 is 13.6 Å². The van der Waals surface area contributed by atoms with E-state index in [2.05, 4.69) is 15.3 Å². The lowest BCUT2D eigenvalue weighted by Crippen LogP contribution is -2.13. The number of carbonyl (C=O) groups is 1. The Balaban J connectivity index is 1.70. The minimum absolute atomic E-state index is 0.0955. The molecule has 0 aliphatic heterocycles. The minimum atomic E-state index is -0.805. The van der Waals surface area contributed by atoms with Crippen molar-refractivity contribution in [2.24, 2.45) is 0 Å². The normalized spacial score (nSPS) is 10.8. The second-order valence-electron chi connectivity index (χ2n) is 5.76. The van der Waals surface area contributed by atoms with Gasteiger partial charge in [-0.3, -0.25) is 4.79 Å². The third-order valence-corrected chi connectivity index (χ3v) is 3.94. The molecular formula is C20H13F2N3O. The summed E-state index contributed by atoms with van der Waals surface area (Å²) in [5, 5.41) is 2.69. The van der Waals surface area contributed by atoms with Crippen molar-refractivity contribution in [1.82, 2.24) is 9.97 Å². The number of hydrogen-bond donors (Lipinski definition) is 2. The third kappa shape index (κ3) is 3.04. The van der Waals surface area contributed by atoms with Crippen molar-refractivity contribution in [3.8, 4) is 11.4 Å². The second-order valence-corrected chi connectivity index (χ2v) is 5.76. The van der Waals surface area contributed by atoms with E-state index in [1.807, 2.05) is 30.3 Å². The number of amides is 1. The van der Waals surface area contributed by atoms with Crippen molar-refractivity contribution in [3.05, 3.63) is 83.9 Å². The van der Waals surface area contributed by atoms with Gasteiger partial charge in [-0.1, -0.05) is 24.3 Å². The number of halogens is 2. The predicted molar refractivity (Wildman–Crippen MR) is 95.8 cm³/mol. The largest absolute Gasteiger partial charge is 0.338 e. The van der Waals surface area contributed by atoms with Crippen LogP contribution in [-0.2, 0) is 0 Å². The number of nitrogens with one attached hydrogen (secondary N) is 2. The van der Waals surface area contributed by atoms with Crippen LogP contribution in [0, 0.1) is 11.6 Å². The fraction of sp³-hybridized carbons (Fsp3) is 0. The summed E-state index contributed by atoms with van der Waals surface area (Å²) in [6.45, 7) is 0. The zero-order valence-electron chi connectivity index (χ0n) is 13.5. The molecule has 4 nitrogen and oxygen atoms in total. The molecule has 26 heavy (non-hydrogen) atoms. The van der Waals surface area contributed by atoms with Crippen LogP contribution in [0.5, 0.6) is 0 Å². The van der Waals surface area contributed by atoms with E-state index in [4.69, 9.17) is 0 Å². The van der Waals surface area contributed by atoms with Gasteiger partial charge in [0.25, 0.3) is 5.91 Å². The van der Waals surface area contributed by atoms with E-state index in [0.29, 0.717) is 17.1 Å². The van der Waals surface area contributed by atoms with E-state index in [0.717, 1.165) is 29.2 Å². The molecule has 3 aromatic carbocycles. The molecule has 4 aromatic rings. The Labute approximate surface area is 147 Å². The number of carbonyl (C=O) groups excluding carboxylic acids is 1. The van der Waals surface area contributed by atoms with Gasteiger partial charge in [-0.25, -0.2) is 13.8 Å². The molecule has 0 unspecified atom stereocenters. The van der Waals surface area contributed by atoms with E-state index in [1.165, 1.54) is 0 Å². The highest BCUT2D eigenvalue weighted by atomic mass is 19.1. The molecule has 1 heterocycles. The number of fused-ring (bicyclic) bond motifs is 1. The van der Waals surface area contributed by atoms with Gasteiger partial charge >= 0.3 is 0 Å². The smallest absolute Gasteiger partial charge is 0.255 e. The summed E-state index contributed by atoms with van der Waals surface area (Å²) in [7, 11) is 0. The molecule has 0 saturated carbocycles. The summed E-state index contributed by atoms with van der Waals surface area (Å²) >= 11 is 0. The number of H-pyrrole nitrogens is 1. The van der Waals surface area contributed by atoms with Gasteiger partial charge in [0.05, 0.1) is 16.7 Å². The average molecular weight is 349 g/mol. The van der Waals surface area contributed by atoms with Crippen LogP contribution in [0.3, 0.4) is 0 Å². The second kappa shape index (κ2) is 6.40. The molecule has 128 valence electrons. The topological polar surface area (TPSA) is 57.8 Å². The molecule has 1 aromatic heterocycles. The van der Waals surface area contributed by atoms with Crippen LogP contribution in [0.2, 0.25) is 0 Å². The molecule has 2 N–H and O–H groups in total. The van der Waals surface area contributed by atoms with Crippen molar-refractivity contribution >= 4 is 22.6 Å². The number of hydrogen-bond acceptors (Lipinski definition) is 2. The molecule has 0 spiro atoms. The molecule has 4 rings (SSSR count). The fourth-order valence-electron chi connectivity index (χ4n) is 2.76. The summed E-state index contributed by atoms with van der Waals surface area (Å²) in [4.78, 5) is 20.1. The van der Waals surface area contributed by atoms with Gasteiger partial charge in [0, 0.05) is 17.2 Å². The van der Waals surface area contributed by atoms with Crippen LogP contribution < -0.4 is 5.32 Å². The van der Waals surface area contributed by atoms with Crippen LogP contribution in [-0.4, -0.2) is 15.9 Å². The van der Waals surface area contributed by atoms with Crippen molar-refractivity contribution in [1.29, 1.82) is 0 Å². The fourth-order valence-corrected chi connectivity index (χ4v) is 2.76. The number of nitrogens with zero attached hydrogens (tertiary/aromatic N) is 1. The quantitative estimate of drug-likeness (QED) is 0.560. The van der Waals surface area contributed by atoms with Crippen LogP contribution in [0.1, 0.15) is 10.4 Å². The highest BCUT2D eigenvalue weighted by molar-refractivity contribution is 6.06. The number of aromatic amines is 1. The van der Waals surface area contributed by atoms with Gasteiger partial charge in [-0.15, -0.1) is 0 Å². The van der Waals surface area contributed by atoms with E-state index >= 15 is 0 Å². The van der Waals surface area contributed by atoms with E-state index in [1.54, 1.807) is 18.2 Å². The minimum Gasteiger partial charge on any atom is -0.338 e. The van der Waals surface area contributed by atoms with Crippen LogP contribution >= 0.6 is 0 Å². The number of anilines is 1. The Morgan fingerprint density at radius 1 is 0.923 bits per heavy atom. The molecule has 0 atom stereocenters. The molecule has 0 saturated heterocycles. The first-order valence-electron chi connectivity index (χ1n) is 7.92. The summed E-state index contributed by atoms with van der Waals surface area (Å²) in [5.74, 6) is -1.62. The highest BCUT2D eigenvalue weighted by Gasteiger charge is 2.14. The lowest BCUT2D eigenvalue weighted by molar-refractivity contribution is 0.102. The monoisotopic (exact) mass is 349 g/mol. The molecule has 6 heteroatoms.